The Labute approximate surface area is 189 Å². The van der Waals surface area contributed by atoms with Crippen LogP contribution in [-0.2, 0) is 9.84 Å². The number of rotatable bonds is 4. The molecule has 32 heavy (non-hydrogen) atoms. The lowest BCUT2D eigenvalue weighted by Gasteiger charge is -2.36. The van der Waals surface area contributed by atoms with Crippen molar-refractivity contribution < 1.29 is 17.6 Å². The first-order valence-corrected chi connectivity index (χ1v) is 12.5. The van der Waals surface area contributed by atoms with Gasteiger partial charge in [-0.05, 0) is 36.4 Å². The van der Waals surface area contributed by atoms with Gasteiger partial charge in [0.05, 0.1) is 16.0 Å². The van der Waals surface area contributed by atoms with E-state index in [-0.39, 0.29) is 16.4 Å². The standard InChI is InChI=1S/C22H19FN4O3S2/c1-32(29,30)17-4-5-18(21-25-6-11-31-21)19(13-17)22(28)27-9-7-26(8-10-27)16-3-2-15(14-24)20(23)12-16/h2-6,11-13H,7-10H2,1H3. The zero-order valence-electron chi connectivity index (χ0n) is 17.2. The zero-order chi connectivity index (χ0) is 22.9. The van der Waals surface area contributed by atoms with E-state index in [9.17, 15) is 17.6 Å². The van der Waals surface area contributed by atoms with E-state index >= 15 is 0 Å². The van der Waals surface area contributed by atoms with Gasteiger partial charge in [0.25, 0.3) is 5.91 Å². The predicted molar refractivity (Wildman–Crippen MR) is 120 cm³/mol. The van der Waals surface area contributed by atoms with Gasteiger partial charge >= 0.3 is 0 Å². The second-order valence-electron chi connectivity index (χ2n) is 7.37. The van der Waals surface area contributed by atoms with Crippen LogP contribution in [0.3, 0.4) is 0 Å². The second kappa shape index (κ2) is 8.68. The average Bonchev–Trinajstić information content (AvgIpc) is 3.32. The largest absolute Gasteiger partial charge is 0.368 e. The minimum Gasteiger partial charge on any atom is -0.368 e. The summed E-state index contributed by atoms with van der Waals surface area (Å²) in [5.74, 6) is -0.847. The summed E-state index contributed by atoms with van der Waals surface area (Å²) in [7, 11) is -3.48. The first-order valence-electron chi connectivity index (χ1n) is 9.76. The number of hydrogen-bond donors (Lipinski definition) is 0. The average molecular weight is 471 g/mol. The van der Waals surface area contributed by atoms with E-state index in [0.717, 1.165) is 6.26 Å². The Kier molecular flexibility index (Phi) is 5.95. The first kappa shape index (κ1) is 21.9. The van der Waals surface area contributed by atoms with Crippen LogP contribution in [0.25, 0.3) is 10.6 Å². The number of aromatic nitrogens is 1. The lowest BCUT2D eigenvalue weighted by molar-refractivity contribution is 0.0747. The van der Waals surface area contributed by atoms with Crippen LogP contribution in [0.5, 0.6) is 0 Å². The fourth-order valence-corrected chi connectivity index (χ4v) is 4.93. The van der Waals surface area contributed by atoms with Crippen LogP contribution in [0.1, 0.15) is 15.9 Å². The van der Waals surface area contributed by atoms with Crippen LogP contribution in [-0.4, -0.2) is 56.6 Å². The molecular formula is C22H19FN4O3S2. The third-order valence-corrected chi connectivity index (χ3v) is 7.23. The van der Waals surface area contributed by atoms with Gasteiger partial charge in [-0.25, -0.2) is 17.8 Å². The molecule has 0 radical (unpaired) electrons. The van der Waals surface area contributed by atoms with E-state index in [0.29, 0.717) is 48.0 Å². The number of piperazine rings is 1. The molecule has 2 heterocycles. The molecular weight excluding hydrogens is 451 g/mol. The molecule has 0 unspecified atom stereocenters. The highest BCUT2D eigenvalue weighted by Crippen LogP contribution is 2.29. The van der Waals surface area contributed by atoms with Crippen LogP contribution in [0, 0.1) is 17.1 Å². The highest BCUT2D eigenvalue weighted by molar-refractivity contribution is 7.90. The van der Waals surface area contributed by atoms with Gasteiger partial charge in [0.15, 0.2) is 9.84 Å². The summed E-state index contributed by atoms with van der Waals surface area (Å²) in [4.78, 5) is 21.3. The maximum absolute atomic E-state index is 14.0. The summed E-state index contributed by atoms with van der Waals surface area (Å²) in [5.41, 5.74) is 1.52. The molecule has 0 N–H and O–H groups in total. The smallest absolute Gasteiger partial charge is 0.254 e. The SMILES string of the molecule is CS(=O)(=O)c1ccc(-c2nccs2)c(C(=O)N2CCN(c3ccc(C#N)c(F)c3)CC2)c1. The normalized spacial score (nSPS) is 14.3. The van der Waals surface area contributed by atoms with Crippen LogP contribution < -0.4 is 4.90 Å². The van der Waals surface area contributed by atoms with Gasteiger partial charge in [-0.15, -0.1) is 11.3 Å². The number of hydrogen-bond acceptors (Lipinski definition) is 7. The number of anilines is 1. The Bertz CT molecular complexity index is 1310. The van der Waals surface area contributed by atoms with E-state index in [1.54, 1.807) is 34.7 Å². The summed E-state index contributed by atoms with van der Waals surface area (Å²) < 4.78 is 38.1. The van der Waals surface area contributed by atoms with E-state index in [1.165, 1.54) is 35.6 Å². The van der Waals surface area contributed by atoms with Crippen molar-refractivity contribution in [3.63, 3.8) is 0 Å². The van der Waals surface area contributed by atoms with Crippen molar-refractivity contribution in [2.24, 2.45) is 0 Å². The van der Waals surface area contributed by atoms with Gasteiger partial charge in [0.1, 0.15) is 16.9 Å². The van der Waals surface area contributed by atoms with Gasteiger partial charge in [-0.1, -0.05) is 0 Å². The Morgan fingerprint density at radius 2 is 1.91 bits per heavy atom. The van der Waals surface area contributed by atoms with E-state index < -0.39 is 15.7 Å². The van der Waals surface area contributed by atoms with Crippen LogP contribution in [0.15, 0.2) is 52.9 Å². The van der Waals surface area contributed by atoms with Gasteiger partial charge in [-0.2, -0.15) is 5.26 Å². The van der Waals surface area contributed by atoms with Crippen molar-refractivity contribution in [1.29, 1.82) is 5.26 Å². The monoisotopic (exact) mass is 470 g/mol. The number of halogens is 1. The number of thiazole rings is 1. The van der Waals surface area contributed by atoms with E-state index in [2.05, 4.69) is 4.98 Å². The lowest BCUT2D eigenvalue weighted by Crippen LogP contribution is -2.49. The highest BCUT2D eigenvalue weighted by atomic mass is 32.2. The van der Waals surface area contributed by atoms with Crippen molar-refractivity contribution >= 4 is 32.8 Å². The molecule has 1 fully saturated rings. The van der Waals surface area contributed by atoms with E-state index in [1.807, 2.05) is 4.90 Å². The molecule has 10 heteroatoms. The van der Waals surface area contributed by atoms with Gasteiger partial charge in [-0.3, -0.25) is 4.79 Å². The van der Waals surface area contributed by atoms with Crippen molar-refractivity contribution in [1.82, 2.24) is 9.88 Å². The molecule has 0 spiro atoms. The Balaban J connectivity index is 1.58. The number of nitriles is 1. The van der Waals surface area contributed by atoms with Gasteiger partial charge < -0.3 is 9.80 Å². The highest BCUT2D eigenvalue weighted by Gasteiger charge is 2.26. The Hall–Kier alpha value is -3.29. The second-order valence-corrected chi connectivity index (χ2v) is 10.3. The summed E-state index contributed by atoms with van der Waals surface area (Å²) in [6.07, 6.45) is 2.74. The number of nitrogens with zero attached hydrogens (tertiary/aromatic N) is 4. The van der Waals surface area contributed by atoms with Crippen molar-refractivity contribution in [3.8, 4) is 16.6 Å². The van der Waals surface area contributed by atoms with Crippen molar-refractivity contribution in [2.75, 3.05) is 37.3 Å². The molecule has 0 aliphatic carbocycles. The summed E-state index contributed by atoms with van der Waals surface area (Å²) >= 11 is 1.37. The molecule has 1 aliphatic heterocycles. The molecule has 1 saturated heterocycles. The first-order chi connectivity index (χ1) is 15.3. The number of carbonyl (C=O) groups is 1. The summed E-state index contributed by atoms with van der Waals surface area (Å²) in [6, 6.07) is 10.8. The number of sulfone groups is 1. The molecule has 0 bridgehead atoms. The number of carbonyl (C=O) groups excluding carboxylic acids is 1. The number of amides is 1. The summed E-state index contributed by atoms with van der Waals surface area (Å²) in [5, 5.41) is 11.3. The maximum atomic E-state index is 14.0. The molecule has 0 saturated carbocycles. The molecule has 4 rings (SSSR count). The van der Waals surface area contributed by atoms with Crippen molar-refractivity contribution in [2.45, 2.75) is 4.90 Å². The zero-order valence-corrected chi connectivity index (χ0v) is 18.8. The van der Waals surface area contributed by atoms with Crippen LogP contribution in [0.2, 0.25) is 0 Å². The van der Waals surface area contributed by atoms with Crippen molar-refractivity contribution in [3.05, 3.63) is 64.9 Å². The molecule has 2 aromatic carbocycles. The fraction of sp³-hybridized carbons (Fsp3) is 0.227. The molecule has 0 atom stereocenters. The molecule has 7 nitrogen and oxygen atoms in total. The quantitative estimate of drug-likeness (QED) is 0.581. The molecule has 164 valence electrons. The predicted octanol–water partition coefficient (Wildman–Crippen LogP) is 3.19. The van der Waals surface area contributed by atoms with E-state index in [4.69, 9.17) is 5.26 Å². The van der Waals surface area contributed by atoms with Crippen LogP contribution in [0.4, 0.5) is 10.1 Å². The molecule has 1 aromatic heterocycles. The minimum atomic E-state index is -3.48. The third kappa shape index (κ3) is 4.35. The Morgan fingerprint density at radius 1 is 1.16 bits per heavy atom. The Morgan fingerprint density at radius 3 is 2.50 bits per heavy atom. The topological polar surface area (TPSA) is 94.4 Å². The van der Waals surface area contributed by atoms with Gasteiger partial charge in [0.2, 0.25) is 0 Å². The minimum absolute atomic E-state index is 0.0111. The van der Waals surface area contributed by atoms with Gasteiger partial charge in [0, 0.05) is 55.3 Å². The molecule has 1 amide bonds. The summed E-state index contributed by atoms with van der Waals surface area (Å²) in [6.45, 7) is 1.74. The number of benzene rings is 2. The molecule has 1 aliphatic rings. The lowest BCUT2D eigenvalue weighted by atomic mass is 10.1. The third-order valence-electron chi connectivity index (χ3n) is 5.32. The van der Waals surface area contributed by atoms with Crippen LogP contribution >= 0.6 is 11.3 Å². The molecule has 3 aromatic rings. The maximum Gasteiger partial charge on any atom is 0.254 e. The fourth-order valence-electron chi connectivity index (χ4n) is 3.60.